The highest BCUT2D eigenvalue weighted by Crippen LogP contribution is 2.20. The molecule has 0 fully saturated rings. The largest absolute Gasteiger partial charge is 0.328 e. The Balaban J connectivity index is 3.84. The third-order valence-electron chi connectivity index (χ3n) is 2.80. The maximum absolute atomic E-state index is 13.4. The number of nitrogens with two attached hydrogens (primary N) is 1. The summed E-state index contributed by atoms with van der Waals surface area (Å²) in [6, 6.07) is -0.366. The summed E-state index contributed by atoms with van der Waals surface area (Å²) in [5, 5.41) is 0. The van der Waals surface area contributed by atoms with Gasteiger partial charge in [0.25, 0.3) is 0 Å². The topological polar surface area (TPSA) is 26.0 Å². The van der Waals surface area contributed by atoms with Crippen LogP contribution in [-0.4, -0.2) is 30.7 Å². The predicted molar refractivity (Wildman–Crippen MR) is 62.0 cm³/mol. The van der Waals surface area contributed by atoms with E-state index >= 15 is 0 Å². The smallest absolute Gasteiger partial charge is 0.133 e. The summed E-state index contributed by atoms with van der Waals surface area (Å²) in [4.78, 5) is 0. The fourth-order valence-electron chi connectivity index (χ4n) is 1.65. The molecule has 0 aliphatic carbocycles. The maximum atomic E-state index is 13.4. The van der Waals surface area contributed by atoms with Crippen LogP contribution in [0.3, 0.4) is 0 Å². The van der Waals surface area contributed by atoms with Crippen LogP contribution >= 0.6 is 0 Å². The highest BCUT2D eigenvalue weighted by molar-refractivity contribution is 4.76. The molecule has 0 heterocycles. The first-order valence-corrected chi connectivity index (χ1v) is 6.20. The molecule has 0 aliphatic heterocycles. The second-order valence-electron chi connectivity index (χ2n) is 4.59. The first kappa shape index (κ1) is 16.7. The van der Waals surface area contributed by atoms with Gasteiger partial charge in [-0.25, -0.2) is 17.6 Å². The average Bonchev–Trinajstić information content (AvgIpc) is 2.25. The summed E-state index contributed by atoms with van der Waals surface area (Å²) in [7, 11) is 0. The summed E-state index contributed by atoms with van der Waals surface area (Å²) in [6.45, 7) is 2.98. The van der Waals surface area contributed by atoms with Gasteiger partial charge < -0.3 is 5.73 Å². The fraction of sp³-hybridized carbons (Fsp3) is 1.00. The van der Waals surface area contributed by atoms with Crippen molar-refractivity contribution in [3.05, 3.63) is 0 Å². The zero-order valence-corrected chi connectivity index (χ0v) is 10.5. The Morgan fingerprint density at radius 3 is 1.88 bits per heavy atom. The lowest BCUT2D eigenvalue weighted by Crippen LogP contribution is -2.29. The van der Waals surface area contributed by atoms with Gasteiger partial charge in [0.05, 0.1) is 0 Å². The van der Waals surface area contributed by atoms with Crippen LogP contribution in [0.5, 0.6) is 0 Å². The number of halogens is 4. The summed E-state index contributed by atoms with van der Waals surface area (Å²) in [5.74, 6) is 0. The van der Waals surface area contributed by atoms with Crippen LogP contribution in [-0.2, 0) is 0 Å². The van der Waals surface area contributed by atoms with Gasteiger partial charge >= 0.3 is 0 Å². The van der Waals surface area contributed by atoms with Gasteiger partial charge in [0.2, 0.25) is 0 Å². The number of hydrogen-bond donors (Lipinski definition) is 1. The van der Waals surface area contributed by atoms with Crippen LogP contribution < -0.4 is 5.73 Å². The standard InChI is InChI=1S/C12H23F4N/c1-3-4-9(17)7-12(16)11(15)6-5-10(14)8(2)13/h8-12H,3-7,17H2,1-2H3. The number of alkyl halides is 4. The van der Waals surface area contributed by atoms with Crippen molar-refractivity contribution in [3.8, 4) is 0 Å². The van der Waals surface area contributed by atoms with Crippen molar-refractivity contribution < 1.29 is 17.6 Å². The second-order valence-corrected chi connectivity index (χ2v) is 4.59. The van der Waals surface area contributed by atoms with Gasteiger partial charge in [0.15, 0.2) is 0 Å². The Hall–Kier alpha value is -0.320. The molecule has 17 heavy (non-hydrogen) atoms. The molecule has 104 valence electrons. The molecule has 0 aromatic heterocycles. The molecule has 0 spiro atoms. The molecule has 5 unspecified atom stereocenters. The van der Waals surface area contributed by atoms with Gasteiger partial charge in [-0.1, -0.05) is 13.3 Å². The first-order valence-electron chi connectivity index (χ1n) is 6.20. The van der Waals surface area contributed by atoms with Crippen molar-refractivity contribution in [1.82, 2.24) is 0 Å². The summed E-state index contributed by atoms with van der Waals surface area (Å²) in [5.41, 5.74) is 5.59. The minimum atomic E-state index is -1.75. The Bertz CT molecular complexity index is 189. The van der Waals surface area contributed by atoms with Crippen LogP contribution in [0.2, 0.25) is 0 Å². The van der Waals surface area contributed by atoms with Crippen LogP contribution in [0, 0.1) is 0 Å². The molecule has 0 aliphatic rings. The first-order chi connectivity index (χ1) is 7.88. The average molecular weight is 257 g/mol. The Labute approximate surface area is 101 Å². The lowest BCUT2D eigenvalue weighted by atomic mass is 10.00. The highest BCUT2D eigenvalue weighted by Gasteiger charge is 2.25. The molecule has 0 saturated heterocycles. The minimum absolute atomic E-state index is 0.0584. The van der Waals surface area contributed by atoms with Crippen molar-refractivity contribution in [3.63, 3.8) is 0 Å². The van der Waals surface area contributed by atoms with E-state index in [0.717, 1.165) is 13.3 Å². The third-order valence-corrected chi connectivity index (χ3v) is 2.80. The van der Waals surface area contributed by atoms with Gasteiger partial charge in [0.1, 0.15) is 24.7 Å². The zero-order chi connectivity index (χ0) is 13.4. The van der Waals surface area contributed by atoms with Crippen LogP contribution in [0.4, 0.5) is 17.6 Å². The zero-order valence-electron chi connectivity index (χ0n) is 10.5. The summed E-state index contributed by atoms with van der Waals surface area (Å²) in [6.07, 6.45) is -5.98. The molecule has 0 aromatic rings. The molecule has 0 saturated carbocycles. The molecule has 0 rings (SSSR count). The lowest BCUT2D eigenvalue weighted by molar-refractivity contribution is 0.112. The molecule has 2 N–H and O–H groups in total. The van der Waals surface area contributed by atoms with Crippen LogP contribution in [0.25, 0.3) is 0 Å². The van der Waals surface area contributed by atoms with Gasteiger partial charge in [-0.05, 0) is 32.6 Å². The molecule has 5 atom stereocenters. The van der Waals surface area contributed by atoms with E-state index < -0.39 is 24.7 Å². The van der Waals surface area contributed by atoms with E-state index in [1.807, 2.05) is 6.92 Å². The number of hydrogen-bond acceptors (Lipinski definition) is 1. The SMILES string of the molecule is CCCC(N)CC(F)C(F)CCC(F)C(C)F. The summed E-state index contributed by atoms with van der Waals surface area (Å²) >= 11 is 0. The van der Waals surface area contributed by atoms with Crippen molar-refractivity contribution in [2.24, 2.45) is 5.73 Å². The minimum Gasteiger partial charge on any atom is -0.328 e. The van der Waals surface area contributed by atoms with E-state index in [4.69, 9.17) is 5.73 Å². The van der Waals surface area contributed by atoms with Crippen molar-refractivity contribution in [1.29, 1.82) is 0 Å². The fourth-order valence-corrected chi connectivity index (χ4v) is 1.65. The van der Waals surface area contributed by atoms with Gasteiger partial charge in [-0.3, -0.25) is 0 Å². The predicted octanol–water partition coefficient (Wildman–Crippen LogP) is 3.66. The Kier molecular flexibility index (Phi) is 8.56. The lowest BCUT2D eigenvalue weighted by Gasteiger charge is -2.18. The monoisotopic (exact) mass is 257 g/mol. The molecule has 0 radical (unpaired) electrons. The molecular formula is C12H23F4N. The number of rotatable bonds is 9. The van der Waals surface area contributed by atoms with Gasteiger partial charge in [-0.2, -0.15) is 0 Å². The van der Waals surface area contributed by atoms with Gasteiger partial charge in [0, 0.05) is 6.04 Å². The molecular weight excluding hydrogens is 234 g/mol. The van der Waals surface area contributed by atoms with E-state index in [-0.39, 0.29) is 25.3 Å². The Morgan fingerprint density at radius 2 is 1.41 bits per heavy atom. The molecule has 0 bridgehead atoms. The molecule has 5 heteroatoms. The summed E-state index contributed by atoms with van der Waals surface area (Å²) < 4.78 is 51.9. The van der Waals surface area contributed by atoms with Crippen LogP contribution in [0.1, 0.15) is 46.0 Å². The van der Waals surface area contributed by atoms with Gasteiger partial charge in [-0.15, -0.1) is 0 Å². The van der Waals surface area contributed by atoms with E-state index in [1.54, 1.807) is 0 Å². The van der Waals surface area contributed by atoms with Crippen molar-refractivity contribution >= 4 is 0 Å². The second kappa shape index (κ2) is 8.72. The van der Waals surface area contributed by atoms with E-state index in [2.05, 4.69) is 0 Å². The quantitative estimate of drug-likeness (QED) is 0.627. The highest BCUT2D eigenvalue weighted by atomic mass is 19.2. The third kappa shape index (κ3) is 7.58. The maximum Gasteiger partial charge on any atom is 0.133 e. The van der Waals surface area contributed by atoms with E-state index in [0.29, 0.717) is 6.42 Å². The van der Waals surface area contributed by atoms with E-state index in [9.17, 15) is 17.6 Å². The van der Waals surface area contributed by atoms with Crippen molar-refractivity contribution in [2.75, 3.05) is 0 Å². The van der Waals surface area contributed by atoms with Crippen molar-refractivity contribution in [2.45, 2.75) is 76.7 Å². The molecule has 0 aromatic carbocycles. The van der Waals surface area contributed by atoms with Crippen LogP contribution in [0.15, 0.2) is 0 Å². The Morgan fingerprint density at radius 1 is 0.882 bits per heavy atom. The molecule has 1 nitrogen and oxygen atoms in total. The van der Waals surface area contributed by atoms with E-state index in [1.165, 1.54) is 0 Å². The molecule has 0 amide bonds. The normalized spacial score (nSPS) is 20.6.